The fourth-order valence-electron chi connectivity index (χ4n) is 1.29. The second-order valence-electron chi connectivity index (χ2n) is 4.69. The number of rotatable bonds is 7. The highest BCUT2D eigenvalue weighted by molar-refractivity contribution is 7.85. The molecule has 0 aromatic heterocycles. The van der Waals surface area contributed by atoms with Crippen LogP contribution >= 0.6 is 0 Å². The number of carbonyl (C=O) groups excluding carboxylic acids is 1. The van der Waals surface area contributed by atoms with Crippen LogP contribution in [-0.2, 0) is 20.3 Å². The summed E-state index contributed by atoms with van der Waals surface area (Å²) in [6, 6.07) is -0.0525. The molecule has 0 radical (unpaired) electrons. The average Bonchev–Trinajstić information content (AvgIpc) is 2.25. The minimum atomic E-state index is -1.18. The third-order valence-electron chi connectivity index (χ3n) is 2.85. The zero-order chi connectivity index (χ0) is 13.6. The number of hydrogen-bond donors (Lipinski definition) is 1. The maximum Gasteiger partial charge on any atom is 0.234 e. The molecular formula is C11H24N2O3S. The second kappa shape index (κ2) is 7.08. The van der Waals surface area contributed by atoms with E-state index in [2.05, 4.69) is 5.32 Å². The molecule has 6 heteroatoms. The van der Waals surface area contributed by atoms with E-state index in [-0.39, 0.29) is 17.7 Å². The molecule has 2 unspecified atom stereocenters. The molecule has 0 aromatic carbocycles. The number of carbonyl (C=O) groups is 1. The summed E-state index contributed by atoms with van der Waals surface area (Å²) >= 11 is 0. The van der Waals surface area contributed by atoms with E-state index in [1.54, 1.807) is 28.3 Å². The van der Waals surface area contributed by atoms with Crippen LogP contribution in [0.5, 0.6) is 0 Å². The van der Waals surface area contributed by atoms with E-state index in [1.807, 2.05) is 13.8 Å². The van der Waals surface area contributed by atoms with E-state index >= 15 is 0 Å². The molecule has 0 aliphatic carbocycles. The molecule has 0 heterocycles. The molecule has 0 rings (SSSR count). The predicted molar refractivity (Wildman–Crippen MR) is 70.5 cm³/mol. The highest BCUT2D eigenvalue weighted by Crippen LogP contribution is 2.14. The van der Waals surface area contributed by atoms with E-state index in [0.29, 0.717) is 5.75 Å². The number of nitrogens with one attached hydrogen (secondary N) is 1. The monoisotopic (exact) mass is 264 g/mol. The summed E-state index contributed by atoms with van der Waals surface area (Å²) in [5, 5.41) is 3.08. The third-order valence-corrected chi connectivity index (χ3v) is 4.12. The second-order valence-corrected chi connectivity index (χ2v) is 6.19. The van der Waals surface area contributed by atoms with E-state index in [0.717, 1.165) is 0 Å². The van der Waals surface area contributed by atoms with Gasteiger partial charge in [-0.2, -0.15) is 0 Å². The zero-order valence-electron chi connectivity index (χ0n) is 11.6. The summed E-state index contributed by atoms with van der Waals surface area (Å²) in [5.74, 6) is 0.343. The van der Waals surface area contributed by atoms with Crippen molar-refractivity contribution in [3.05, 3.63) is 0 Å². The van der Waals surface area contributed by atoms with Crippen LogP contribution in [0.25, 0.3) is 0 Å². The lowest BCUT2D eigenvalue weighted by Crippen LogP contribution is -2.50. The fourth-order valence-corrected chi connectivity index (χ4v) is 2.88. The lowest BCUT2D eigenvalue weighted by molar-refractivity contribution is -0.125. The van der Waals surface area contributed by atoms with Crippen molar-refractivity contribution in [2.24, 2.45) is 0 Å². The first-order valence-electron chi connectivity index (χ1n) is 5.52. The van der Waals surface area contributed by atoms with Gasteiger partial charge in [-0.15, -0.1) is 0 Å². The fraction of sp³-hybridized carbons (Fsp3) is 0.909. The Morgan fingerprint density at radius 1 is 1.47 bits per heavy atom. The number of ether oxygens (including phenoxy) is 1. The number of amides is 1. The summed E-state index contributed by atoms with van der Waals surface area (Å²) in [5.41, 5.74) is -0.411. The molecule has 0 aliphatic rings. The first-order valence-corrected chi connectivity index (χ1v) is 7.01. The third kappa shape index (κ3) is 5.61. The summed E-state index contributed by atoms with van der Waals surface area (Å²) < 4.78 is 17.2. The lowest BCUT2D eigenvalue weighted by Gasteiger charge is -2.32. The number of likely N-dealkylation sites (N-methyl/N-ethyl adjacent to an activating group) is 1. The van der Waals surface area contributed by atoms with Crippen molar-refractivity contribution in [1.29, 1.82) is 0 Å². The molecule has 2 atom stereocenters. The van der Waals surface area contributed by atoms with Crippen LogP contribution in [0.1, 0.15) is 13.8 Å². The van der Waals surface area contributed by atoms with Gasteiger partial charge >= 0.3 is 0 Å². The quantitative estimate of drug-likeness (QED) is 0.694. The minimum absolute atomic E-state index is 0.0525. The highest BCUT2D eigenvalue weighted by atomic mass is 32.2. The van der Waals surface area contributed by atoms with Crippen molar-refractivity contribution in [3.63, 3.8) is 0 Å². The molecule has 5 nitrogen and oxygen atoms in total. The van der Waals surface area contributed by atoms with Crippen molar-refractivity contribution in [2.45, 2.75) is 25.5 Å². The van der Waals surface area contributed by atoms with Gasteiger partial charge in [-0.3, -0.25) is 9.00 Å². The van der Waals surface area contributed by atoms with Gasteiger partial charge < -0.3 is 15.0 Å². The van der Waals surface area contributed by atoms with Gasteiger partial charge in [0.2, 0.25) is 5.91 Å². The van der Waals surface area contributed by atoms with Crippen LogP contribution in [-0.4, -0.2) is 66.4 Å². The maximum absolute atomic E-state index is 11.9. The van der Waals surface area contributed by atoms with Crippen LogP contribution in [0.4, 0.5) is 0 Å². The van der Waals surface area contributed by atoms with Crippen molar-refractivity contribution >= 4 is 16.7 Å². The van der Waals surface area contributed by atoms with Gasteiger partial charge in [0, 0.05) is 43.8 Å². The molecule has 0 saturated heterocycles. The molecule has 0 bridgehead atoms. The molecule has 102 valence electrons. The van der Waals surface area contributed by atoms with Gasteiger partial charge in [-0.1, -0.05) is 0 Å². The average molecular weight is 264 g/mol. The molecule has 17 heavy (non-hydrogen) atoms. The van der Waals surface area contributed by atoms with Crippen molar-refractivity contribution in [1.82, 2.24) is 10.2 Å². The SMILES string of the molecule is CNC(CS(=O)CC(=O)N(C)C)C(C)(C)OC. The molecule has 0 saturated carbocycles. The van der Waals surface area contributed by atoms with E-state index < -0.39 is 16.4 Å². The summed E-state index contributed by atoms with van der Waals surface area (Å²) in [6.45, 7) is 3.86. The Morgan fingerprint density at radius 3 is 2.35 bits per heavy atom. The molecule has 0 spiro atoms. The van der Waals surface area contributed by atoms with Gasteiger partial charge in [0.15, 0.2) is 0 Å². The van der Waals surface area contributed by atoms with Gasteiger partial charge in [0.05, 0.1) is 5.60 Å². The summed E-state index contributed by atoms with van der Waals surface area (Å²) in [7, 11) is 5.56. The van der Waals surface area contributed by atoms with E-state index in [1.165, 1.54) is 4.90 Å². The van der Waals surface area contributed by atoms with E-state index in [4.69, 9.17) is 4.74 Å². The molecular weight excluding hydrogens is 240 g/mol. The number of nitrogens with zero attached hydrogens (tertiary/aromatic N) is 1. The first-order chi connectivity index (χ1) is 7.74. The van der Waals surface area contributed by atoms with Gasteiger partial charge in [-0.25, -0.2) is 0 Å². The van der Waals surface area contributed by atoms with Crippen molar-refractivity contribution in [2.75, 3.05) is 39.8 Å². The maximum atomic E-state index is 11.9. The Labute approximate surface area is 106 Å². The molecule has 1 amide bonds. The Hall–Kier alpha value is -0.460. The topological polar surface area (TPSA) is 58.6 Å². The van der Waals surface area contributed by atoms with Crippen LogP contribution in [0.3, 0.4) is 0 Å². The summed E-state index contributed by atoms with van der Waals surface area (Å²) in [4.78, 5) is 12.9. The first kappa shape index (κ1) is 16.5. The van der Waals surface area contributed by atoms with Crippen molar-refractivity contribution in [3.8, 4) is 0 Å². The minimum Gasteiger partial charge on any atom is -0.377 e. The smallest absolute Gasteiger partial charge is 0.234 e. The normalized spacial score (nSPS) is 15.4. The van der Waals surface area contributed by atoms with Crippen LogP contribution < -0.4 is 5.32 Å². The number of hydrogen-bond acceptors (Lipinski definition) is 4. The van der Waals surface area contributed by atoms with Crippen LogP contribution in [0, 0.1) is 0 Å². The molecule has 0 aliphatic heterocycles. The Kier molecular flexibility index (Phi) is 6.89. The Balaban J connectivity index is 4.40. The van der Waals surface area contributed by atoms with Gasteiger partial charge in [0.1, 0.15) is 5.75 Å². The number of methoxy groups -OCH3 is 1. The van der Waals surface area contributed by atoms with Gasteiger partial charge in [-0.05, 0) is 20.9 Å². The Bertz CT molecular complexity index is 280. The van der Waals surface area contributed by atoms with Crippen LogP contribution in [0.2, 0.25) is 0 Å². The highest BCUT2D eigenvalue weighted by Gasteiger charge is 2.30. The molecule has 1 N–H and O–H groups in total. The Morgan fingerprint density at radius 2 is 2.00 bits per heavy atom. The van der Waals surface area contributed by atoms with Gasteiger partial charge in [0.25, 0.3) is 0 Å². The zero-order valence-corrected chi connectivity index (χ0v) is 12.4. The van der Waals surface area contributed by atoms with E-state index in [9.17, 15) is 9.00 Å². The van der Waals surface area contributed by atoms with Crippen LogP contribution in [0.15, 0.2) is 0 Å². The predicted octanol–water partition coefficient (Wildman–Crippen LogP) is -0.164. The largest absolute Gasteiger partial charge is 0.377 e. The van der Waals surface area contributed by atoms with Crippen molar-refractivity contribution < 1.29 is 13.7 Å². The summed E-state index contributed by atoms with van der Waals surface area (Å²) in [6.07, 6.45) is 0. The standard InChI is InChI=1S/C11H24N2O3S/c1-11(2,16-6)9(12-3)7-17(15)8-10(14)13(4)5/h9,12H,7-8H2,1-6H3. The molecule has 0 fully saturated rings. The molecule has 0 aromatic rings. The lowest BCUT2D eigenvalue weighted by atomic mass is 10.0.